The summed E-state index contributed by atoms with van der Waals surface area (Å²) in [7, 11) is 0. The number of rotatable bonds is 4. The minimum absolute atomic E-state index is 0.200. The Morgan fingerprint density at radius 1 is 1.04 bits per heavy atom. The van der Waals surface area contributed by atoms with E-state index in [1.165, 1.54) is 11.1 Å². The summed E-state index contributed by atoms with van der Waals surface area (Å²) in [6, 6.07) is 17.8. The zero-order valence-electron chi connectivity index (χ0n) is 12.9. The van der Waals surface area contributed by atoms with Crippen LogP contribution < -0.4 is 10.6 Å². The van der Waals surface area contributed by atoms with Gasteiger partial charge >= 0.3 is 6.03 Å². The lowest BCUT2D eigenvalue weighted by Gasteiger charge is -2.11. The maximum Gasteiger partial charge on any atom is 0.319 e. The van der Waals surface area contributed by atoms with E-state index in [-0.39, 0.29) is 6.03 Å². The number of aryl methyl sites for hydroxylation is 1. The first-order valence-electron chi connectivity index (χ1n) is 7.44. The largest absolute Gasteiger partial charge is 0.334 e. The van der Waals surface area contributed by atoms with Crippen molar-refractivity contribution in [3.05, 3.63) is 76.5 Å². The van der Waals surface area contributed by atoms with Crippen LogP contribution in [0, 0.1) is 6.92 Å². The number of thiophene rings is 1. The monoisotopic (exact) mass is 322 g/mol. The van der Waals surface area contributed by atoms with Crippen LogP contribution in [0.4, 0.5) is 10.5 Å². The van der Waals surface area contributed by atoms with Crippen LogP contribution in [0.1, 0.15) is 11.1 Å². The molecule has 0 radical (unpaired) electrons. The number of hydrogen-bond donors (Lipinski definition) is 2. The molecule has 3 rings (SSSR count). The van der Waals surface area contributed by atoms with Crippen LogP contribution in [0.2, 0.25) is 0 Å². The van der Waals surface area contributed by atoms with Crippen LogP contribution in [0.5, 0.6) is 0 Å². The van der Waals surface area contributed by atoms with Crippen molar-refractivity contribution in [3.8, 4) is 11.1 Å². The van der Waals surface area contributed by atoms with Crippen molar-refractivity contribution in [1.82, 2.24) is 5.32 Å². The Labute approximate surface area is 140 Å². The number of benzene rings is 2. The van der Waals surface area contributed by atoms with Gasteiger partial charge in [-0.3, -0.25) is 0 Å². The van der Waals surface area contributed by atoms with Gasteiger partial charge in [-0.1, -0.05) is 42.0 Å². The van der Waals surface area contributed by atoms with Crippen LogP contribution in [-0.4, -0.2) is 6.03 Å². The second-order valence-corrected chi connectivity index (χ2v) is 6.12. The standard InChI is InChI=1S/C19H18N2OS/c1-14-6-8-17(9-7-14)21-19(22)20-12-15-4-2-3-5-18(15)16-10-11-23-13-16/h2-11,13H,12H2,1H3,(H2,20,21,22). The third kappa shape index (κ3) is 3.99. The Bertz CT molecular complexity index is 779. The van der Waals surface area contributed by atoms with Crippen LogP contribution in [0.25, 0.3) is 11.1 Å². The molecule has 4 heteroatoms. The Morgan fingerprint density at radius 2 is 1.83 bits per heavy atom. The topological polar surface area (TPSA) is 41.1 Å². The first-order chi connectivity index (χ1) is 11.2. The zero-order valence-corrected chi connectivity index (χ0v) is 13.7. The molecular formula is C19H18N2OS. The Kier molecular flexibility index (Phi) is 4.74. The van der Waals surface area contributed by atoms with Crippen molar-refractivity contribution < 1.29 is 4.79 Å². The van der Waals surface area contributed by atoms with Crippen molar-refractivity contribution in [3.63, 3.8) is 0 Å². The molecule has 2 aromatic carbocycles. The van der Waals surface area contributed by atoms with Crippen LogP contribution in [-0.2, 0) is 6.54 Å². The van der Waals surface area contributed by atoms with Crippen molar-refractivity contribution in [1.29, 1.82) is 0 Å². The molecule has 0 aliphatic heterocycles. The number of carbonyl (C=O) groups excluding carboxylic acids is 1. The molecular weight excluding hydrogens is 304 g/mol. The van der Waals surface area contributed by atoms with Crippen LogP contribution in [0.15, 0.2) is 65.4 Å². The lowest BCUT2D eigenvalue weighted by atomic mass is 10.0. The fourth-order valence-electron chi connectivity index (χ4n) is 2.36. The van der Waals surface area contributed by atoms with Gasteiger partial charge in [-0.05, 0) is 52.6 Å². The highest BCUT2D eigenvalue weighted by molar-refractivity contribution is 7.08. The third-order valence-electron chi connectivity index (χ3n) is 3.60. The molecule has 0 aliphatic carbocycles. The minimum Gasteiger partial charge on any atom is -0.334 e. The lowest BCUT2D eigenvalue weighted by Crippen LogP contribution is -2.28. The van der Waals surface area contributed by atoms with E-state index in [9.17, 15) is 4.79 Å². The molecule has 3 nitrogen and oxygen atoms in total. The summed E-state index contributed by atoms with van der Waals surface area (Å²) in [6.07, 6.45) is 0. The molecule has 116 valence electrons. The number of hydrogen-bond acceptors (Lipinski definition) is 2. The van der Waals surface area contributed by atoms with Gasteiger partial charge in [0, 0.05) is 12.2 Å². The molecule has 0 atom stereocenters. The molecule has 0 fully saturated rings. The molecule has 0 aliphatic rings. The molecule has 0 unspecified atom stereocenters. The molecule has 0 spiro atoms. The van der Waals surface area contributed by atoms with E-state index in [1.807, 2.05) is 49.4 Å². The molecule has 2 N–H and O–H groups in total. The van der Waals surface area contributed by atoms with Crippen molar-refractivity contribution in [2.75, 3.05) is 5.32 Å². The molecule has 0 saturated carbocycles. The quantitative estimate of drug-likeness (QED) is 0.694. The van der Waals surface area contributed by atoms with Gasteiger partial charge in [0.15, 0.2) is 0 Å². The zero-order chi connectivity index (χ0) is 16.1. The Morgan fingerprint density at radius 3 is 2.57 bits per heavy atom. The predicted octanol–water partition coefficient (Wildman–Crippen LogP) is 5.05. The first-order valence-corrected chi connectivity index (χ1v) is 8.38. The fourth-order valence-corrected chi connectivity index (χ4v) is 3.02. The first kappa shape index (κ1) is 15.3. The van der Waals surface area contributed by atoms with Gasteiger partial charge in [0.25, 0.3) is 0 Å². The summed E-state index contributed by atoms with van der Waals surface area (Å²) < 4.78 is 0. The number of urea groups is 1. The third-order valence-corrected chi connectivity index (χ3v) is 4.28. The molecule has 3 aromatic rings. The van der Waals surface area contributed by atoms with E-state index in [0.29, 0.717) is 6.54 Å². The minimum atomic E-state index is -0.200. The van der Waals surface area contributed by atoms with Gasteiger partial charge in [0.1, 0.15) is 0 Å². The van der Waals surface area contributed by atoms with Crippen LogP contribution in [0.3, 0.4) is 0 Å². The van der Waals surface area contributed by atoms with Gasteiger partial charge in [-0.15, -0.1) is 0 Å². The molecule has 1 aromatic heterocycles. The number of anilines is 1. The highest BCUT2D eigenvalue weighted by Gasteiger charge is 2.07. The van der Waals surface area contributed by atoms with Gasteiger partial charge in [-0.25, -0.2) is 4.79 Å². The van der Waals surface area contributed by atoms with Gasteiger partial charge in [0.2, 0.25) is 0 Å². The summed E-state index contributed by atoms with van der Waals surface area (Å²) >= 11 is 1.67. The average molecular weight is 322 g/mol. The van der Waals surface area contributed by atoms with Gasteiger partial charge in [0.05, 0.1) is 0 Å². The van der Waals surface area contributed by atoms with E-state index in [2.05, 4.69) is 33.5 Å². The fraction of sp³-hybridized carbons (Fsp3) is 0.105. The number of nitrogens with one attached hydrogen (secondary N) is 2. The highest BCUT2D eigenvalue weighted by Crippen LogP contribution is 2.25. The van der Waals surface area contributed by atoms with Gasteiger partial charge < -0.3 is 10.6 Å². The maximum atomic E-state index is 12.0. The van der Waals surface area contributed by atoms with E-state index in [1.54, 1.807) is 11.3 Å². The molecule has 1 heterocycles. The van der Waals surface area contributed by atoms with Crippen molar-refractivity contribution in [2.24, 2.45) is 0 Å². The second-order valence-electron chi connectivity index (χ2n) is 5.34. The van der Waals surface area contributed by atoms with Crippen molar-refractivity contribution >= 4 is 23.1 Å². The molecule has 0 saturated heterocycles. The summed E-state index contributed by atoms with van der Waals surface area (Å²) in [5.41, 5.74) is 5.40. The molecule has 2 amide bonds. The smallest absolute Gasteiger partial charge is 0.319 e. The van der Waals surface area contributed by atoms with E-state index < -0.39 is 0 Å². The molecule has 0 bridgehead atoms. The van der Waals surface area contributed by atoms with Crippen LogP contribution >= 0.6 is 11.3 Å². The lowest BCUT2D eigenvalue weighted by molar-refractivity contribution is 0.252. The van der Waals surface area contributed by atoms with Crippen molar-refractivity contribution in [2.45, 2.75) is 13.5 Å². The molecule has 23 heavy (non-hydrogen) atoms. The van der Waals surface area contributed by atoms with Gasteiger partial charge in [-0.2, -0.15) is 11.3 Å². The predicted molar refractivity (Wildman–Crippen MR) is 96.8 cm³/mol. The normalized spacial score (nSPS) is 10.3. The average Bonchev–Trinajstić information content (AvgIpc) is 3.10. The summed E-state index contributed by atoms with van der Waals surface area (Å²) in [5, 5.41) is 9.94. The summed E-state index contributed by atoms with van der Waals surface area (Å²) in [4.78, 5) is 12.0. The highest BCUT2D eigenvalue weighted by atomic mass is 32.1. The van der Waals surface area contributed by atoms with E-state index in [0.717, 1.165) is 16.8 Å². The summed E-state index contributed by atoms with van der Waals surface area (Å²) in [5.74, 6) is 0. The SMILES string of the molecule is Cc1ccc(NC(=O)NCc2ccccc2-c2ccsc2)cc1. The van der Waals surface area contributed by atoms with E-state index in [4.69, 9.17) is 0 Å². The number of amides is 2. The summed E-state index contributed by atoms with van der Waals surface area (Å²) in [6.45, 7) is 2.51. The Hall–Kier alpha value is -2.59. The second kappa shape index (κ2) is 7.11. The Balaban J connectivity index is 1.64. The number of carbonyl (C=O) groups is 1. The maximum absolute atomic E-state index is 12.0. The van der Waals surface area contributed by atoms with E-state index >= 15 is 0 Å².